The number of amides is 1. The van der Waals surface area contributed by atoms with Crippen LogP contribution in [0.4, 0.5) is 14.6 Å². The zero-order valence-electron chi connectivity index (χ0n) is 14.5. The first-order valence-electron chi connectivity index (χ1n) is 8.39. The molecule has 4 aromatic rings. The van der Waals surface area contributed by atoms with Gasteiger partial charge in [-0.3, -0.25) is 9.48 Å². The highest BCUT2D eigenvalue weighted by Crippen LogP contribution is 2.21. The molecule has 0 atom stereocenters. The maximum Gasteiger partial charge on any atom is 0.279 e. The van der Waals surface area contributed by atoms with Gasteiger partial charge in [-0.05, 0) is 42.0 Å². The van der Waals surface area contributed by atoms with Gasteiger partial charge in [-0.1, -0.05) is 17.3 Å². The predicted molar refractivity (Wildman–Crippen MR) is 97.6 cm³/mol. The zero-order chi connectivity index (χ0) is 19.5. The summed E-state index contributed by atoms with van der Waals surface area (Å²) in [4.78, 5) is 12.3. The van der Waals surface area contributed by atoms with Crippen LogP contribution in [0.25, 0.3) is 11.3 Å². The summed E-state index contributed by atoms with van der Waals surface area (Å²) in [5.74, 6) is -0.447. The highest BCUT2D eigenvalue weighted by atomic mass is 19.1. The fourth-order valence-electron chi connectivity index (χ4n) is 2.61. The van der Waals surface area contributed by atoms with Gasteiger partial charge in [0, 0.05) is 23.9 Å². The van der Waals surface area contributed by atoms with Crippen LogP contribution in [0.15, 0.2) is 71.4 Å². The molecule has 2 heterocycles. The molecule has 0 saturated carbocycles. The van der Waals surface area contributed by atoms with Crippen molar-refractivity contribution in [3.8, 4) is 11.3 Å². The molecule has 0 unspecified atom stereocenters. The lowest BCUT2D eigenvalue weighted by atomic mass is 10.1. The van der Waals surface area contributed by atoms with Gasteiger partial charge >= 0.3 is 0 Å². The Morgan fingerprint density at radius 2 is 1.68 bits per heavy atom. The van der Waals surface area contributed by atoms with E-state index in [0.29, 0.717) is 23.7 Å². The molecule has 1 N–H and O–H groups in total. The van der Waals surface area contributed by atoms with E-state index in [9.17, 15) is 13.6 Å². The highest BCUT2D eigenvalue weighted by Gasteiger charge is 2.15. The Morgan fingerprint density at radius 3 is 2.39 bits per heavy atom. The summed E-state index contributed by atoms with van der Waals surface area (Å²) >= 11 is 0. The molecule has 2 aromatic carbocycles. The third-order valence-corrected chi connectivity index (χ3v) is 4.01. The van der Waals surface area contributed by atoms with E-state index < -0.39 is 5.91 Å². The maximum absolute atomic E-state index is 13.0. The SMILES string of the molecule is O=C(Nc1ccn(Cc2ccc(F)cc2)n1)c1cc(-c2ccc(F)cc2)on1. The second-order valence-corrected chi connectivity index (χ2v) is 6.06. The zero-order valence-corrected chi connectivity index (χ0v) is 14.5. The van der Waals surface area contributed by atoms with Crippen LogP contribution in [0.1, 0.15) is 16.1 Å². The number of benzene rings is 2. The normalized spacial score (nSPS) is 10.8. The lowest BCUT2D eigenvalue weighted by Crippen LogP contribution is -2.13. The van der Waals surface area contributed by atoms with Crippen LogP contribution in [-0.2, 0) is 6.54 Å². The highest BCUT2D eigenvalue weighted by molar-refractivity contribution is 6.02. The number of aromatic nitrogens is 3. The minimum atomic E-state index is -0.482. The average Bonchev–Trinajstić information content (AvgIpc) is 3.34. The van der Waals surface area contributed by atoms with Gasteiger partial charge in [-0.25, -0.2) is 8.78 Å². The summed E-state index contributed by atoms with van der Waals surface area (Å²) in [6, 6.07) is 14.9. The maximum atomic E-state index is 13.0. The van der Waals surface area contributed by atoms with Gasteiger partial charge < -0.3 is 9.84 Å². The largest absolute Gasteiger partial charge is 0.355 e. The molecule has 2 aromatic heterocycles. The molecule has 140 valence electrons. The minimum Gasteiger partial charge on any atom is -0.355 e. The molecule has 0 bridgehead atoms. The fraction of sp³-hybridized carbons (Fsp3) is 0.0500. The van der Waals surface area contributed by atoms with Crippen LogP contribution in [-0.4, -0.2) is 20.8 Å². The van der Waals surface area contributed by atoms with Gasteiger partial charge in [0.25, 0.3) is 5.91 Å². The summed E-state index contributed by atoms with van der Waals surface area (Å²) < 4.78 is 32.7. The number of hydrogen-bond acceptors (Lipinski definition) is 4. The molecule has 28 heavy (non-hydrogen) atoms. The van der Waals surface area contributed by atoms with Crippen molar-refractivity contribution in [3.05, 3.63) is 89.8 Å². The van der Waals surface area contributed by atoms with Gasteiger partial charge in [-0.2, -0.15) is 5.10 Å². The van der Waals surface area contributed by atoms with Gasteiger partial charge in [-0.15, -0.1) is 0 Å². The van der Waals surface area contributed by atoms with E-state index in [0.717, 1.165) is 5.56 Å². The van der Waals surface area contributed by atoms with Gasteiger partial charge in [0.05, 0.1) is 6.54 Å². The first-order valence-corrected chi connectivity index (χ1v) is 8.39. The van der Waals surface area contributed by atoms with Crippen molar-refractivity contribution < 1.29 is 18.1 Å². The molecule has 0 radical (unpaired) electrons. The molecule has 1 amide bonds. The summed E-state index contributed by atoms with van der Waals surface area (Å²) in [5.41, 5.74) is 1.56. The van der Waals surface area contributed by atoms with Crippen LogP contribution in [0.5, 0.6) is 0 Å². The van der Waals surface area contributed by atoms with Crippen LogP contribution >= 0.6 is 0 Å². The molecule has 0 aliphatic heterocycles. The monoisotopic (exact) mass is 380 g/mol. The molecule has 6 nitrogen and oxygen atoms in total. The number of hydrogen-bond donors (Lipinski definition) is 1. The van der Waals surface area contributed by atoms with Gasteiger partial charge in [0.1, 0.15) is 11.6 Å². The Labute approximate surface area is 158 Å². The molecular formula is C20H14F2N4O2. The standard InChI is InChI=1S/C20H14F2N4O2/c21-15-5-1-13(2-6-15)12-26-10-9-19(24-26)23-20(27)17-11-18(28-25-17)14-3-7-16(22)8-4-14/h1-11H,12H2,(H,23,24,27). The Kier molecular flexibility index (Phi) is 4.67. The van der Waals surface area contributed by atoms with Crippen molar-refractivity contribution in [1.29, 1.82) is 0 Å². The first kappa shape index (κ1) is 17.6. The van der Waals surface area contributed by atoms with Crippen molar-refractivity contribution in [2.75, 3.05) is 5.32 Å². The average molecular weight is 380 g/mol. The lowest BCUT2D eigenvalue weighted by molar-refractivity contribution is 0.101. The Morgan fingerprint density at radius 1 is 1.00 bits per heavy atom. The summed E-state index contributed by atoms with van der Waals surface area (Å²) in [6.07, 6.45) is 1.70. The lowest BCUT2D eigenvalue weighted by Gasteiger charge is -2.02. The summed E-state index contributed by atoms with van der Waals surface area (Å²) in [6.45, 7) is 0.439. The third kappa shape index (κ3) is 3.96. The number of anilines is 1. The van der Waals surface area contributed by atoms with E-state index in [4.69, 9.17) is 4.52 Å². The van der Waals surface area contributed by atoms with E-state index in [1.54, 1.807) is 29.1 Å². The smallest absolute Gasteiger partial charge is 0.279 e. The summed E-state index contributed by atoms with van der Waals surface area (Å²) in [5, 5.41) is 10.6. The molecule has 4 rings (SSSR count). The van der Waals surface area contributed by atoms with E-state index >= 15 is 0 Å². The molecule has 0 saturated heterocycles. The Hall–Kier alpha value is -3.81. The summed E-state index contributed by atoms with van der Waals surface area (Å²) in [7, 11) is 0. The van der Waals surface area contributed by atoms with Gasteiger partial charge in [0.15, 0.2) is 17.3 Å². The van der Waals surface area contributed by atoms with Crippen molar-refractivity contribution in [2.45, 2.75) is 6.54 Å². The molecule has 0 aliphatic rings. The minimum absolute atomic E-state index is 0.0763. The third-order valence-electron chi connectivity index (χ3n) is 4.01. The van der Waals surface area contributed by atoms with E-state index in [2.05, 4.69) is 15.6 Å². The number of nitrogens with one attached hydrogen (secondary N) is 1. The number of carbonyl (C=O) groups is 1. The molecule has 0 fully saturated rings. The quantitative estimate of drug-likeness (QED) is 0.565. The molecule has 0 spiro atoms. The van der Waals surface area contributed by atoms with Crippen molar-refractivity contribution >= 4 is 11.7 Å². The second kappa shape index (κ2) is 7.43. The van der Waals surface area contributed by atoms with Crippen molar-refractivity contribution in [3.63, 3.8) is 0 Å². The van der Waals surface area contributed by atoms with E-state index in [1.807, 2.05) is 0 Å². The number of carbonyl (C=O) groups excluding carboxylic acids is 1. The van der Waals surface area contributed by atoms with Crippen LogP contribution in [0.3, 0.4) is 0 Å². The van der Waals surface area contributed by atoms with Gasteiger partial charge in [0.2, 0.25) is 0 Å². The number of nitrogens with zero attached hydrogens (tertiary/aromatic N) is 3. The van der Waals surface area contributed by atoms with Crippen LogP contribution < -0.4 is 5.32 Å². The Balaban J connectivity index is 1.42. The van der Waals surface area contributed by atoms with Crippen molar-refractivity contribution in [1.82, 2.24) is 14.9 Å². The number of halogens is 2. The second-order valence-electron chi connectivity index (χ2n) is 6.06. The number of rotatable bonds is 5. The molecular weight excluding hydrogens is 366 g/mol. The van der Waals surface area contributed by atoms with E-state index in [1.165, 1.54) is 42.5 Å². The van der Waals surface area contributed by atoms with Crippen LogP contribution in [0, 0.1) is 11.6 Å². The predicted octanol–water partition coefficient (Wildman–Crippen LogP) is 4.12. The topological polar surface area (TPSA) is 73.0 Å². The Bertz CT molecular complexity index is 1100. The molecule has 8 heteroatoms. The van der Waals surface area contributed by atoms with Crippen LogP contribution in [0.2, 0.25) is 0 Å². The molecule has 0 aliphatic carbocycles. The van der Waals surface area contributed by atoms with Crippen molar-refractivity contribution in [2.24, 2.45) is 0 Å². The fourth-order valence-corrected chi connectivity index (χ4v) is 2.61. The first-order chi connectivity index (χ1) is 13.6. The van der Waals surface area contributed by atoms with E-state index in [-0.39, 0.29) is 17.3 Å².